The van der Waals surface area contributed by atoms with Crippen molar-refractivity contribution < 1.29 is 31.5 Å². The van der Waals surface area contributed by atoms with E-state index < -0.39 is 46.3 Å². The molecule has 0 aliphatic carbocycles. The van der Waals surface area contributed by atoms with Gasteiger partial charge >= 0.3 is 12.1 Å². The molecule has 0 saturated heterocycles. The molecule has 1 aromatic heterocycles. The van der Waals surface area contributed by atoms with Gasteiger partial charge in [-0.15, -0.1) is 0 Å². The first kappa shape index (κ1) is 15.8. The number of halogens is 6. The number of nitrogens with zero attached hydrogens (tertiary/aromatic N) is 1. The molecule has 0 fully saturated rings. The van der Waals surface area contributed by atoms with Crippen LogP contribution in [0.25, 0.3) is 0 Å². The van der Waals surface area contributed by atoms with Crippen LogP contribution in [-0.4, -0.2) is 18.1 Å². The highest BCUT2D eigenvalue weighted by atomic mass is 79.9. The number of methoxy groups -OCH3 is 1. The van der Waals surface area contributed by atoms with E-state index in [1.165, 1.54) is 0 Å². The lowest BCUT2D eigenvalue weighted by Gasteiger charge is -2.14. The number of esters is 1. The summed E-state index contributed by atoms with van der Waals surface area (Å²) in [6.07, 6.45) is -8.16. The second-order valence-electron chi connectivity index (χ2n) is 3.41. The largest absolute Gasteiger partial charge is 0.469 e. The molecule has 106 valence electrons. The number of ether oxygens (including phenoxy) is 1. The van der Waals surface area contributed by atoms with Gasteiger partial charge in [-0.05, 0) is 21.5 Å². The van der Waals surface area contributed by atoms with Crippen molar-refractivity contribution in [2.24, 2.45) is 0 Å². The Kier molecular flexibility index (Phi) is 4.83. The molecule has 0 N–H and O–H groups in total. The molecule has 0 aliphatic heterocycles. The van der Waals surface area contributed by atoms with E-state index in [2.05, 4.69) is 25.7 Å². The molecule has 1 aromatic rings. The summed E-state index contributed by atoms with van der Waals surface area (Å²) in [6.45, 7) is 0. The molecular weight excluding hydrogens is 341 g/mol. The second kappa shape index (κ2) is 5.81. The summed E-state index contributed by atoms with van der Waals surface area (Å²) in [4.78, 5) is 14.0. The molecule has 1 heterocycles. The van der Waals surface area contributed by atoms with E-state index in [1.54, 1.807) is 0 Å². The summed E-state index contributed by atoms with van der Waals surface area (Å²) in [5.41, 5.74) is -2.59. The Balaban J connectivity index is 3.40. The molecule has 19 heavy (non-hydrogen) atoms. The minimum atomic E-state index is -4.82. The van der Waals surface area contributed by atoms with Crippen molar-refractivity contribution in [3.63, 3.8) is 0 Å². The molecule has 0 atom stereocenters. The molecule has 0 unspecified atom stereocenters. The average Bonchev–Trinajstić information content (AvgIpc) is 2.29. The SMILES string of the molecule is COC(=O)Cc1c(C(F)F)cnc(C(F)(F)F)c1Br. The van der Waals surface area contributed by atoms with Crippen molar-refractivity contribution >= 4 is 21.9 Å². The van der Waals surface area contributed by atoms with Crippen molar-refractivity contribution in [1.82, 2.24) is 4.98 Å². The van der Waals surface area contributed by atoms with E-state index in [-0.39, 0.29) is 0 Å². The number of pyridine rings is 1. The fourth-order valence-electron chi connectivity index (χ4n) is 1.32. The van der Waals surface area contributed by atoms with Gasteiger partial charge in [-0.1, -0.05) is 0 Å². The van der Waals surface area contributed by atoms with Gasteiger partial charge < -0.3 is 4.74 Å². The van der Waals surface area contributed by atoms with Crippen LogP contribution in [0, 0.1) is 0 Å². The van der Waals surface area contributed by atoms with Crippen molar-refractivity contribution in [3.8, 4) is 0 Å². The standard InChI is InChI=1S/C10H7BrF5NO2/c1-19-6(18)2-4-5(9(12)13)3-17-8(7(4)11)10(14,15)16/h3,9H,2H2,1H3. The van der Waals surface area contributed by atoms with Gasteiger partial charge in [0.15, 0.2) is 5.69 Å². The van der Waals surface area contributed by atoms with Gasteiger partial charge in [0.1, 0.15) is 0 Å². The van der Waals surface area contributed by atoms with E-state index in [9.17, 15) is 26.7 Å². The van der Waals surface area contributed by atoms with E-state index >= 15 is 0 Å². The highest BCUT2D eigenvalue weighted by Crippen LogP contribution is 2.38. The van der Waals surface area contributed by atoms with Gasteiger partial charge in [-0.2, -0.15) is 13.2 Å². The zero-order chi connectivity index (χ0) is 14.8. The summed E-state index contributed by atoms with van der Waals surface area (Å²) >= 11 is 2.57. The smallest absolute Gasteiger partial charge is 0.434 e. The lowest BCUT2D eigenvalue weighted by Crippen LogP contribution is -2.15. The van der Waals surface area contributed by atoms with Gasteiger partial charge in [-0.3, -0.25) is 9.78 Å². The van der Waals surface area contributed by atoms with Crippen LogP contribution in [0.15, 0.2) is 10.7 Å². The first-order valence-corrected chi connectivity index (χ1v) is 5.57. The third kappa shape index (κ3) is 3.62. The van der Waals surface area contributed by atoms with Gasteiger partial charge in [0.05, 0.1) is 18.0 Å². The maximum absolute atomic E-state index is 12.7. The number of carbonyl (C=O) groups excluding carboxylic acids is 1. The van der Waals surface area contributed by atoms with E-state index in [0.29, 0.717) is 6.20 Å². The average molecular weight is 348 g/mol. The van der Waals surface area contributed by atoms with Crippen LogP contribution in [0.5, 0.6) is 0 Å². The number of alkyl halides is 5. The summed E-state index contributed by atoms with van der Waals surface area (Å²) in [6, 6.07) is 0. The molecule has 9 heteroatoms. The monoisotopic (exact) mass is 347 g/mol. The van der Waals surface area contributed by atoms with Crippen LogP contribution in [-0.2, 0) is 22.1 Å². The Morgan fingerprint density at radius 1 is 1.47 bits per heavy atom. The van der Waals surface area contributed by atoms with Crippen LogP contribution < -0.4 is 0 Å². The molecule has 0 spiro atoms. The topological polar surface area (TPSA) is 39.2 Å². The lowest BCUT2D eigenvalue weighted by molar-refractivity contribution is -0.143. The third-order valence-corrected chi connectivity index (χ3v) is 3.06. The number of aromatic nitrogens is 1. The van der Waals surface area contributed by atoms with Gasteiger partial charge in [0.2, 0.25) is 0 Å². The molecule has 0 bridgehead atoms. The molecule has 1 rings (SSSR count). The number of carbonyl (C=O) groups is 1. The number of hydrogen-bond acceptors (Lipinski definition) is 3. The molecule has 0 radical (unpaired) electrons. The third-order valence-electron chi connectivity index (χ3n) is 2.21. The predicted octanol–water partition coefficient (Wildman–Crippen LogP) is 3.52. The van der Waals surface area contributed by atoms with Crippen molar-refractivity contribution in [3.05, 3.63) is 27.5 Å². The summed E-state index contributed by atoms with van der Waals surface area (Å²) in [5.74, 6) is -0.929. The highest BCUT2D eigenvalue weighted by Gasteiger charge is 2.37. The Labute approximate surface area is 112 Å². The quantitative estimate of drug-likeness (QED) is 0.620. The fraction of sp³-hybridized carbons (Fsp3) is 0.400. The molecule has 0 aliphatic rings. The van der Waals surface area contributed by atoms with Gasteiger partial charge in [0, 0.05) is 11.8 Å². The van der Waals surface area contributed by atoms with Gasteiger partial charge in [0.25, 0.3) is 6.43 Å². The molecular formula is C10H7BrF5NO2. The molecule has 0 amide bonds. The van der Waals surface area contributed by atoms with Crippen molar-refractivity contribution in [2.45, 2.75) is 19.0 Å². The molecule has 3 nitrogen and oxygen atoms in total. The summed E-state index contributed by atoms with van der Waals surface area (Å²) in [7, 11) is 1.00. The van der Waals surface area contributed by atoms with Crippen LogP contribution in [0.1, 0.15) is 23.2 Å². The highest BCUT2D eigenvalue weighted by molar-refractivity contribution is 9.10. The van der Waals surface area contributed by atoms with E-state index in [4.69, 9.17) is 0 Å². The second-order valence-corrected chi connectivity index (χ2v) is 4.20. The van der Waals surface area contributed by atoms with Crippen molar-refractivity contribution in [1.29, 1.82) is 0 Å². The van der Waals surface area contributed by atoms with Crippen LogP contribution in [0.4, 0.5) is 22.0 Å². The minimum absolute atomic E-state index is 0.413. The number of hydrogen-bond donors (Lipinski definition) is 0. The molecule has 0 saturated carbocycles. The van der Waals surface area contributed by atoms with Gasteiger partial charge in [-0.25, -0.2) is 8.78 Å². The Hall–Kier alpha value is -1.25. The maximum Gasteiger partial charge on any atom is 0.434 e. The lowest BCUT2D eigenvalue weighted by atomic mass is 10.1. The fourth-order valence-corrected chi connectivity index (χ4v) is 2.02. The summed E-state index contributed by atoms with van der Waals surface area (Å²) < 4.78 is 66.7. The Morgan fingerprint density at radius 2 is 2.05 bits per heavy atom. The Bertz CT molecular complexity index is 490. The minimum Gasteiger partial charge on any atom is -0.469 e. The molecule has 0 aromatic carbocycles. The normalized spacial score (nSPS) is 11.8. The first-order valence-electron chi connectivity index (χ1n) is 4.78. The summed E-state index contributed by atoms with van der Waals surface area (Å²) in [5, 5.41) is 0. The number of rotatable bonds is 3. The van der Waals surface area contributed by atoms with Crippen LogP contribution in [0.3, 0.4) is 0 Å². The van der Waals surface area contributed by atoms with E-state index in [0.717, 1.165) is 7.11 Å². The first-order chi connectivity index (χ1) is 8.68. The van der Waals surface area contributed by atoms with Crippen LogP contribution >= 0.6 is 15.9 Å². The predicted molar refractivity (Wildman–Crippen MR) is 57.6 cm³/mol. The maximum atomic E-state index is 12.7. The zero-order valence-electron chi connectivity index (χ0n) is 9.39. The Morgan fingerprint density at radius 3 is 2.47 bits per heavy atom. The van der Waals surface area contributed by atoms with Crippen molar-refractivity contribution in [2.75, 3.05) is 7.11 Å². The van der Waals surface area contributed by atoms with Crippen LogP contribution in [0.2, 0.25) is 0 Å². The zero-order valence-corrected chi connectivity index (χ0v) is 11.0. The van der Waals surface area contributed by atoms with E-state index in [1.807, 2.05) is 0 Å².